The summed E-state index contributed by atoms with van der Waals surface area (Å²) in [6.07, 6.45) is 0. The Balaban J connectivity index is 1.62. The average molecular weight is 394 g/mol. The zero-order valence-corrected chi connectivity index (χ0v) is 15.7. The van der Waals surface area contributed by atoms with Gasteiger partial charge in [0, 0.05) is 40.0 Å². The first kappa shape index (κ1) is 15.9. The molecule has 3 heterocycles. The molecule has 7 rings (SSSR count). The van der Waals surface area contributed by atoms with E-state index in [1.54, 1.807) is 0 Å². The van der Waals surface area contributed by atoms with Crippen LogP contribution in [-0.2, 0) is 0 Å². The Bertz CT molecular complexity index is 1320. The minimum Gasteiger partial charge on any atom is -0.506 e. The second-order valence-corrected chi connectivity index (χ2v) is 7.77. The Kier molecular flexibility index (Phi) is 2.82. The van der Waals surface area contributed by atoms with Gasteiger partial charge >= 0.3 is 0 Å². The molecule has 0 fully saturated rings. The molecule has 0 aliphatic carbocycles. The number of benzene rings is 4. The highest BCUT2D eigenvalue weighted by molar-refractivity contribution is 5.96. The van der Waals surface area contributed by atoms with Crippen LogP contribution in [0.4, 0.5) is 32.8 Å². The molecular weight excluding hydrogens is 379 g/mol. The maximum absolute atomic E-state index is 14.2. The Morgan fingerprint density at radius 3 is 2.27 bits per heavy atom. The predicted molar refractivity (Wildman–Crippen MR) is 113 cm³/mol. The van der Waals surface area contributed by atoms with E-state index in [0.29, 0.717) is 5.69 Å². The summed E-state index contributed by atoms with van der Waals surface area (Å²) < 4.78 is 20.5. The average Bonchev–Trinajstić information content (AvgIpc) is 2.76. The largest absolute Gasteiger partial charge is 0.506 e. The van der Waals surface area contributed by atoms with E-state index in [1.165, 1.54) is 18.2 Å². The molecule has 4 nitrogen and oxygen atoms in total. The van der Waals surface area contributed by atoms with Crippen molar-refractivity contribution in [1.29, 1.82) is 0 Å². The van der Waals surface area contributed by atoms with E-state index in [2.05, 4.69) is 17.4 Å². The Morgan fingerprint density at radius 2 is 1.43 bits per heavy atom. The van der Waals surface area contributed by atoms with Gasteiger partial charge in [0.15, 0.2) is 0 Å². The molecular formula is C25H15FN2O2. The summed E-state index contributed by atoms with van der Waals surface area (Å²) in [6.45, 7) is 0. The third-order valence-corrected chi connectivity index (χ3v) is 6.21. The van der Waals surface area contributed by atoms with E-state index in [1.807, 2.05) is 47.4 Å². The van der Waals surface area contributed by atoms with E-state index in [-0.39, 0.29) is 11.7 Å². The van der Waals surface area contributed by atoms with Gasteiger partial charge in [0.1, 0.15) is 23.1 Å². The smallest absolute Gasteiger partial charge is 0.139 e. The number of ether oxygens (including phenoxy) is 1. The SMILES string of the molecule is Oc1ccc(F)cc1N1c2cccc3c2C2c4c(cccc4Oc4cccc1c42)N3. The molecule has 4 aromatic carbocycles. The molecule has 0 bridgehead atoms. The van der Waals surface area contributed by atoms with Crippen molar-refractivity contribution >= 4 is 28.4 Å². The van der Waals surface area contributed by atoms with Crippen molar-refractivity contribution in [2.45, 2.75) is 5.92 Å². The van der Waals surface area contributed by atoms with Crippen LogP contribution in [0.1, 0.15) is 22.6 Å². The summed E-state index contributed by atoms with van der Waals surface area (Å²) in [5, 5.41) is 14.2. The molecule has 30 heavy (non-hydrogen) atoms. The predicted octanol–water partition coefficient (Wildman–Crippen LogP) is 6.66. The fraction of sp³-hybridized carbons (Fsp3) is 0.0400. The van der Waals surface area contributed by atoms with Crippen molar-refractivity contribution in [2.24, 2.45) is 0 Å². The van der Waals surface area contributed by atoms with Crippen LogP contribution in [0.15, 0.2) is 72.8 Å². The number of halogens is 1. The molecule has 0 aromatic heterocycles. The van der Waals surface area contributed by atoms with Crippen LogP contribution in [0.5, 0.6) is 17.2 Å². The lowest BCUT2D eigenvalue weighted by molar-refractivity contribution is 0.452. The second kappa shape index (κ2) is 5.33. The topological polar surface area (TPSA) is 44.7 Å². The maximum atomic E-state index is 14.2. The zero-order valence-electron chi connectivity index (χ0n) is 15.7. The fourth-order valence-electron chi connectivity index (χ4n) is 5.07. The van der Waals surface area contributed by atoms with Gasteiger partial charge in [-0.15, -0.1) is 0 Å². The highest BCUT2D eigenvalue weighted by Crippen LogP contribution is 2.63. The quantitative estimate of drug-likeness (QED) is 0.327. The molecule has 3 aliphatic heterocycles. The highest BCUT2D eigenvalue weighted by atomic mass is 19.1. The van der Waals surface area contributed by atoms with Gasteiger partial charge in [0.25, 0.3) is 0 Å². The van der Waals surface area contributed by atoms with E-state index in [4.69, 9.17) is 4.74 Å². The summed E-state index contributed by atoms with van der Waals surface area (Å²) in [5.74, 6) is 1.26. The number of hydrogen-bond donors (Lipinski definition) is 2. The molecule has 0 saturated carbocycles. The number of phenolic OH excluding ortho intramolecular Hbond substituents is 1. The third-order valence-electron chi connectivity index (χ3n) is 6.21. The lowest BCUT2D eigenvalue weighted by Gasteiger charge is -2.44. The summed E-state index contributed by atoms with van der Waals surface area (Å²) in [6, 6.07) is 22.0. The molecule has 0 radical (unpaired) electrons. The van der Waals surface area contributed by atoms with Crippen LogP contribution < -0.4 is 15.0 Å². The summed E-state index contributed by atoms with van der Waals surface area (Å²) >= 11 is 0. The number of hydrogen-bond acceptors (Lipinski definition) is 4. The first-order chi connectivity index (χ1) is 14.7. The minimum atomic E-state index is -0.401. The molecule has 1 unspecified atom stereocenters. The molecule has 144 valence electrons. The van der Waals surface area contributed by atoms with Gasteiger partial charge in [-0.1, -0.05) is 18.2 Å². The van der Waals surface area contributed by atoms with Gasteiger partial charge in [-0.05, 0) is 48.5 Å². The van der Waals surface area contributed by atoms with Gasteiger partial charge in [0.2, 0.25) is 0 Å². The normalized spacial score (nSPS) is 16.4. The van der Waals surface area contributed by atoms with Gasteiger partial charge in [0.05, 0.1) is 17.1 Å². The van der Waals surface area contributed by atoms with Crippen molar-refractivity contribution < 1.29 is 14.2 Å². The van der Waals surface area contributed by atoms with E-state index >= 15 is 0 Å². The molecule has 5 heteroatoms. The Morgan fingerprint density at radius 1 is 0.767 bits per heavy atom. The van der Waals surface area contributed by atoms with Crippen molar-refractivity contribution in [2.75, 3.05) is 10.2 Å². The first-order valence-corrected chi connectivity index (χ1v) is 9.83. The van der Waals surface area contributed by atoms with E-state index < -0.39 is 5.82 Å². The number of nitrogens with one attached hydrogen (secondary N) is 1. The van der Waals surface area contributed by atoms with Crippen molar-refractivity contribution in [3.8, 4) is 17.2 Å². The van der Waals surface area contributed by atoms with Crippen molar-refractivity contribution in [1.82, 2.24) is 0 Å². The molecule has 2 N–H and O–H groups in total. The van der Waals surface area contributed by atoms with Crippen LogP contribution in [0.2, 0.25) is 0 Å². The van der Waals surface area contributed by atoms with Crippen LogP contribution in [0, 0.1) is 5.82 Å². The van der Waals surface area contributed by atoms with E-state index in [0.717, 1.165) is 50.9 Å². The first-order valence-electron chi connectivity index (χ1n) is 9.83. The van der Waals surface area contributed by atoms with Crippen molar-refractivity contribution in [3.63, 3.8) is 0 Å². The summed E-state index contributed by atoms with van der Waals surface area (Å²) in [5.41, 5.74) is 7.48. The number of aromatic hydroxyl groups is 1. The van der Waals surface area contributed by atoms with E-state index in [9.17, 15) is 9.50 Å². The minimum absolute atomic E-state index is 0.00977. The molecule has 1 atom stereocenters. The molecule has 0 spiro atoms. The zero-order chi connectivity index (χ0) is 20.0. The van der Waals surface area contributed by atoms with Crippen LogP contribution in [0.3, 0.4) is 0 Å². The fourth-order valence-corrected chi connectivity index (χ4v) is 5.07. The maximum Gasteiger partial charge on any atom is 0.139 e. The van der Waals surface area contributed by atoms with Gasteiger partial charge in [-0.2, -0.15) is 0 Å². The van der Waals surface area contributed by atoms with Crippen LogP contribution >= 0.6 is 0 Å². The Labute approximate surface area is 171 Å². The lowest BCUT2D eigenvalue weighted by atomic mass is 9.75. The van der Waals surface area contributed by atoms with Crippen molar-refractivity contribution in [3.05, 3.63) is 95.3 Å². The van der Waals surface area contributed by atoms with Crippen LogP contribution in [0.25, 0.3) is 0 Å². The lowest BCUT2D eigenvalue weighted by Crippen LogP contribution is -2.28. The van der Waals surface area contributed by atoms with Gasteiger partial charge < -0.3 is 20.1 Å². The molecule has 0 saturated heterocycles. The number of phenols is 1. The Hall–Kier alpha value is -3.99. The third kappa shape index (κ3) is 1.84. The monoisotopic (exact) mass is 394 g/mol. The molecule has 4 aromatic rings. The van der Waals surface area contributed by atoms with Gasteiger partial charge in [-0.25, -0.2) is 4.39 Å². The standard InChI is InChI=1S/C25H15FN2O2/c26-13-10-11-19(29)18(12-13)28-16-6-1-4-14-22(16)25-23-15(27-14)5-2-8-20(23)30-21-9-3-7-17(28)24(21)25/h1-12,25,27,29H. The summed E-state index contributed by atoms with van der Waals surface area (Å²) in [7, 11) is 0. The number of rotatable bonds is 1. The van der Waals surface area contributed by atoms with Crippen LogP contribution in [-0.4, -0.2) is 5.11 Å². The molecule has 3 aliphatic rings. The summed E-state index contributed by atoms with van der Waals surface area (Å²) in [4.78, 5) is 1.93. The molecule has 0 amide bonds. The second-order valence-electron chi connectivity index (χ2n) is 7.77. The highest BCUT2D eigenvalue weighted by Gasteiger charge is 2.43. The number of anilines is 5. The number of nitrogens with zero attached hydrogens (tertiary/aromatic N) is 1. The van der Waals surface area contributed by atoms with Gasteiger partial charge in [-0.3, -0.25) is 0 Å².